The normalized spacial score (nSPS) is 15.7. The number of nitrogens with zero attached hydrogens (tertiary/aromatic N) is 3. The van der Waals surface area contributed by atoms with Crippen LogP contribution >= 0.6 is 0 Å². The van der Waals surface area contributed by atoms with Crippen LogP contribution in [0.3, 0.4) is 0 Å². The highest BCUT2D eigenvalue weighted by molar-refractivity contribution is 5.93. The number of carbonyl (C=O) groups is 1. The van der Waals surface area contributed by atoms with Crippen LogP contribution in [0.1, 0.15) is 49.9 Å². The fraction of sp³-hybridized carbons (Fsp3) is 0.643. The summed E-state index contributed by atoms with van der Waals surface area (Å²) in [6.45, 7) is 9.67. The van der Waals surface area contributed by atoms with Gasteiger partial charge in [0.15, 0.2) is 0 Å². The van der Waals surface area contributed by atoms with Crippen LogP contribution in [0, 0.1) is 6.92 Å². The van der Waals surface area contributed by atoms with Gasteiger partial charge in [0.1, 0.15) is 17.3 Å². The van der Waals surface area contributed by atoms with Crippen LogP contribution in [0.25, 0.3) is 0 Å². The minimum absolute atomic E-state index is 0.0139. The predicted octanol–water partition coefficient (Wildman–Crippen LogP) is 2.23. The molecule has 1 N–H and O–H groups in total. The zero-order valence-electron chi connectivity index (χ0n) is 12.2. The van der Waals surface area contributed by atoms with Gasteiger partial charge in [0.25, 0.3) is 5.91 Å². The summed E-state index contributed by atoms with van der Waals surface area (Å²) in [5, 5.41) is 3.29. The van der Waals surface area contributed by atoms with E-state index in [1.54, 1.807) is 6.07 Å². The lowest BCUT2D eigenvalue weighted by Crippen LogP contribution is -2.30. The molecule has 104 valence electrons. The second-order valence-corrected chi connectivity index (χ2v) is 6.06. The highest BCUT2D eigenvalue weighted by Gasteiger charge is 2.22. The number of nitrogens with one attached hydrogen (secondary N) is 1. The van der Waals surface area contributed by atoms with Crippen LogP contribution in [0.2, 0.25) is 0 Å². The van der Waals surface area contributed by atoms with Crippen LogP contribution in [0.15, 0.2) is 6.07 Å². The lowest BCUT2D eigenvalue weighted by atomic mass is 10.1. The number of anilines is 1. The molecule has 0 unspecified atom stereocenters. The Kier molecular flexibility index (Phi) is 3.73. The molecule has 0 bridgehead atoms. The second kappa shape index (κ2) is 5.15. The summed E-state index contributed by atoms with van der Waals surface area (Å²) in [6.07, 6.45) is 2.17. The van der Waals surface area contributed by atoms with Crippen molar-refractivity contribution >= 4 is 11.7 Å². The summed E-state index contributed by atoms with van der Waals surface area (Å²) in [5.41, 5.74) is 0.399. The van der Waals surface area contributed by atoms with Gasteiger partial charge in [-0.05, 0) is 40.5 Å². The van der Waals surface area contributed by atoms with Gasteiger partial charge in [-0.25, -0.2) is 9.97 Å². The van der Waals surface area contributed by atoms with E-state index in [-0.39, 0.29) is 11.4 Å². The van der Waals surface area contributed by atoms with Crippen molar-refractivity contribution in [3.8, 4) is 0 Å². The molecule has 0 aromatic carbocycles. The number of hydrogen-bond acceptors (Lipinski definition) is 4. The standard InChI is InChI=1S/C14H22N4O/c1-10-15-11(13(19)18-7-5-6-8-18)9-12(16-10)17-14(2,3)4/h9H,5-8H2,1-4H3,(H,15,16,17). The third kappa shape index (κ3) is 3.66. The maximum Gasteiger partial charge on any atom is 0.272 e. The van der Waals surface area contributed by atoms with Crippen LogP contribution in [0.5, 0.6) is 0 Å². The van der Waals surface area contributed by atoms with E-state index in [9.17, 15) is 4.79 Å². The number of carbonyl (C=O) groups excluding carboxylic acids is 1. The molecular weight excluding hydrogens is 240 g/mol. The first-order chi connectivity index (χ1) is 8.85. The molecule has 1 aromatic rings. The lowest BCUT2D eigenvalue weighted by Gasteiger charge is -2.22. The van der Waals surface area contributed by atoms with Crippen molar-refractivity contribution in [2.45, 2.75) is 46.1 Å². The van der Waals surface area contributed by atoms with E-state index in [0.717, 1.165) is 25.9 Å². The summed E-state index contributed by atoms with van der Waals surface area (Å²) in [5.74, 6) is 1.35. The van der Waals surface area contributed by atoms with Crippen LogP contribution in [0.4, 0.5) is 5.82 Å². The van der Waals surface area contributed by atoms with Crippen molar-refractivity contribution in [3.05, 3.63) is 17.6 Å². The van der Waals surface area contributed by atoms with Crippen LogP contribution < -0.4 is 5.32 Å². The summed E-state index contributed by atoms with van der Waals surface area (Å²) in [4.78, 5) is 22.8. The highest BCUT2D eigenvalue weighted by atomic mass is 16.2. The summed E-state index contributed by atoms with van der Waals surface area (Å²) in [6, 6.07) is 1.75. The Labute approximate surface area is 114 Å². The van der Waals surface area contributed by atoms with Gasteiger partial charge in [-0.2, -0.15) is 0 Å². The Balaban J connectivity index is 2.23. The minimum Gasteiger partial charge on any atom is -0.365 e. The first-order valence-corrected chi connectivity index (χ1v) is 6.78. The number of aromatic nitrogens is 2. The monoisotopic (exact) mass is 262 g/mol. The fourth-order valence-corrected chi connectivity index (χ4v) is 2.21. The Morgan fingerprint density at radius 2 is 1.89 bits per heavy atom. The summed E-state index contributed by atoms with van der Waals surface area (Å²) >= 11 is 0. The summed E-state index contributed by atoms with van der Waals surface area (Å²) in [7, 11) is 0. The number of rotatable bonds is 2. The molecule has 1 aliphatic rings. The van der Waals surface area contributed by atoms with Crippen LogP contribution in [-0.2, 0) is 0 Å². The van der Waals surface area contributed by atoms with E-state index < -0.39 is 0 Å². The molecule has 2 rings (SSSR count). The fourth-order valence-electron chi connectivity index (χ4n) is 2.21. The number of amides is 1. The molecule has 1 aromatic heterocycles. The molecule has 5 nitrogen and oxygen atoms in total. The lowest BCUT2D eigenvalue weighted by molar-refractivity contribution is 0.0786. The van der Waals surface area contributed by atoms with Crippen LogP contribution in [-0.4, -0.2) is 39.4 Å². The van der Waals surface area contributed by atoms with Gasteiger partial charge in [-0.3, -0.25) is 4.79 Å². The number of hydrogen-bond donors (Lipinski definition) is 1. The first-order valence-electron chi connectivity index (χ1n) is 6.78. The number of likely N-dealkylation sites (tertiary alicyclic amines) is 1. The molecule has 0 aliphatic carbocycles. The minimum atomic E-state index is -0.0885. The molecule has 2 heterocycles. The zero-order chi connectivity index (χ0) is 14.0. The van der Waals surface area contributed by atoms with Crippen molar-refractivity contribution in [1.29, 1.82) is 0 Å². The second-order valence-electron chi connectivity index (χ2n) is 6.06. The van der Waals surface area contributed by atoms with E-state index in [4.69, 9.17) is 0 Å². The maximum atomic E-state index is 12.3. The molecular formula is C14H22N4O. The molecule has 1 amide bonds. The molecule has 0 radical (unpaired) electrons. The third-order valence-electron chi connectivity index (χ3n) is 2.95. The molecule has 19 heavy (non-hydrogen) atoms. The van der Waals surface area contributed by atoms with E-state index in [1.165, 1.54) is 0 Å². The average Bonchev–Trinajstić information content (AvgIpc) is 2.77. The Morgan fingerprint density at radius 1 is 1.26 bits per heavy atom. The number of aryl methyl sites for hydroxylation is 1. The molecule has 1 fully saturated rings. The van der Waals surface area contributed by atoms with E-state index in [1.807, 2.05) is 11.8 Å². The SMILES string of the molecule is Cc1nc(NC(C)(C)C)cc(C(=O)N2CCCC2)n1. The van der Waals surface area contributed by atoms with Crippen molar-refractivity contribution in [3.63, 3.8) is 0 Å². The molecule has 5 heteroatoms. The van der Waals surface area contributed by atoms with Gasteiger partial charge >= 0.3 is 0 Å². The van der Waals surface area contributed by atoms with Crippen molar-refractivity contribution in [2.24, 2.45) is 0 Å². The van der Waals surface area contributed by atoms with Gasteiger partial charge < -0.3 is 10.2 Å². The highest BCUT2D eigenvalue weighted by Crippen LogP contribution is 2.16. The zero-order valence-corrected chi connectivity index (χ0v) is 12.2. The van der Waals surface area contributed by atoms with Gasteiger partial charge in [0.05, 0.1) is 0 Å². The molecule has 1 aliphatic heterocycles. The molecule has 0 saturated carbocycles. The quantitative estimate of drug-likeness (QED) is 0.888. The summed E-state index contributed by atoms with van der Waals surface area (Å²) < 4.78 is 0. The molecule has 0 atom stereocenters. The Bertz CT molecular complexity index is 473. The van der Waals surface area contributed by atoms with E-state index in [2.05, 4.69) is 36.1 Å². The third-order valence-corrected chi connectivity index (χ3v) is 2.95. The largest absolute Gasteiger partial charge is 0.365 e. The topological polar surface area (TPSA) is 58.1 Å². The van der Waals surface area contributed by atoms with Crippen molar-refractivity contribution < 1.29 is 4.79 Å². The van der Waals surface area contributed by atoms with Gasteiger partial charge in [-0.1, -0.05) is 0 Å². The Morgan fingerprint density at radius 3 is 2.47 bits per heavy atom. The van der Waals surface area contributed by atoms with Gasteiger partial charge in [0, 0.05) is 24.7 Å². The average molecular weight is 262 g/mol. The van der Waals surface area contributed by atoms with Crippen molar-refractivity contribution in [2.75, 3.05) is 18.4 Å². The smallest absolute Gasteiger partial charge is 0.272 e. The Hall–Kier alpha value is -1.65. The predicted molar refractivity (Wildman–Crippen MR) is 75.3 cm³/mol. The van der Waals surface area contributed by atoms with Gasteiger partial charge in [0.2, 0.25) is 0 Å². The maximum absolute atomic E-state index is 12.3. The molecule has 0 spiro atoms. The first kappa shape index (κ1) is 13.8. The van der Waals surface area contributed by atoms with Gasteiger partial charge in [-0.15, -0.1) is 0 Å². The van der Waals surface area contributed by atoms with E-state index >= 15 is 0 Å². The molecule has 1 saturated heterocycles. The van der Waals surface area contributed by atoms with Crippen molar-refractivity contribution in [1.82, 2.24) is 14.9 Å². The van der Waals surface area contributed by atoms with E-state index in [0.29, 0.717) is 17.3 Å².